The highest BCUT2D eigenvalue weighted by molar-refractivity contribution is 4.66. The van der Waals surface area contributed by atoms with Gasteiger partial charge in [-0.2, -0.15) is 0 Å². The van der Waals surface area contributed by atoms with Crippen LogP contribution in [0.1, 0.15) is 0 Å². The number of halogens is 2. The largest absolute Gasteiger partial charge is 0.380 e. The Morgan fingerprint density at radius 2 is 2.30 bits per heavy atom. The third kappa shape index (κ3) is 2.19. The first-order valence-electron chi connectivity index (χ1n) is 3.37. The molecule has 60 valence electrons. The topological polar surface area (TPSA) is 21.3 Å². The first-order chi connectivity index (χ1) is 4.80. The molecule has 1 atom stereocenters. The summed E-state index contributed by atoms with van der Waals surface area (Å²) in [7, 11) is 0. The van der Waals surface area contributed by atoms with E-state index in [4.69, 9.17) is 4.74 Å². The van der Waals surface area contributed by atoms with Gasteiger partial charge in [0, 0.05) is 13.1 Å². The van der Waals surface area contributed by atoms with Crippen molar-refractivity contribution in [1.29, 1.82) is 0 Å². The third-order valence-corrected chi connectivity index (χ3v) is 1.52. The standard InChI is InChI=1S/C6H11F2NO/c7-6(8)5-3-9-1-2-10-4-5/h5-6,9H,1-4H2. The van der Waals surface area contributed by atoms with Gasteiger partial charge in [0.1, 0.15) is 0 Å². The predicted molar refractivity (Wildman–Crippen MR) is 33.2 cm³/mol. The first kappa shape index (κ1) is 7.88. The van der Waals surface area contributed by atoms with Crippen molar-refractivity contribution >= 4 is 0 Å². The summed E-state index contributed by atoms with van der Waals surface area (Å²) < 4.78 is 28.9. The Kier molecular flexibility index (Phi) is 3.02. The van der Waals surface area contributed by atoms with Gasteiger partial charge in [-0.15, -0.1) is 0 Å². The predicted octanol–water partition coefficient (Wildman–Crippen LogP) is 0.487. The lowest BCUT2D eigenvalue weighted by Crippen LogP contribution is -2.27. The molecule has 0 aromatic rings. The molecule has 1 fully saturated rings. The average molecular weight is 151 g/mol. The number of hydrogen-bond acceptors (Lipinski definition) is 2. The SMILES string of the molecule is FC(F)C1CNCCOC1. The molecule has 0 saturated carbocycles. The Labute approximate surface area is 58.6 Å². The molecule has 2 nitrogen and oxygen atoms in total. The zero-order valence-corrected chi connectivity index (χ0v) is 5.65. The second-order valence-corrected chi connectivity index (χ2v) is 2.37. The average Bonchev–Trinajstić information content (AvgIpc) is 2.12. The van der Waals surface area contributed by atoms with Crippen molar-refractivity contribution in [2.75, 3.05) is 26.3 Å². The molecule has 0 aromatic carbocycles. The molecule has 4 heteroatoms. The van der Waals surface area contributed by atoms with Crippen LogP contribution < -0.4 is 5.32 Å². The van der Waals surface area contributed by atoms with Gasteiger partial charge >= 0.3 is 0 Å². The van der Waals surface area contributed by atoms with E-state index >= 15 is 0 Å². The quantitative estimate of drug-likeness (QED) is 0.588. The lowest BCUT2D eigenvalue weighted by molar-refractivity contribution is 0.0254. The van der Waals surface area contributed by atoms with E-state index in [2.05, 4.69) is 5.32 Å². The number of nitrogens with one attached hydrogen (secondary N) is 1. The molecule has 0 radical (unpaired) electrons. The summed E-state index contributed by atoms with van der Waals surface area (Å²) in [6.45, 7) is 1.79. The van der Waals surface area contributed by atoms with E-state index in [0.717, 1.165) is 0 Å². The molecule has 1 saturated heterocycles. The van der Waals surface area contributed by atoms with Crippen molar-refractivity contribution in [3.8, 4) is 0 Å². The fourth-order valence-corrected chi connectivity index (χ4v) is 0.887. The van der Waals surface area contributed by atoms with E-state index in [1.54, 1.807) is 0 Å². The minimum absolute atomic E-state index is 0.185. The van der Waals surface area contributed by atoms with Gasteiger partial charge in [0.15, 0.2) is 0 Å². The minimum atomic E-state index is -2.26. The highest BCUT2D eigenvalue weighted by atomic mass is 19.3. The summed E-state index contributed by atoms with van der Waals surface area (Å²) in [4.78, 5) is 0. The van der Waals surface area contributed by atoms with E-state index in [-0.39, 0.29) is 6.61 Å². The molecule has 1 unspecified atom stereocenters. The van der Waals surface area contributed by atoms with Gasteiger partial charge < -0.3 is 10.1 Å². The van der Waals surface area contributed by atoms with E-state index < -0.39 is 12.3 Å². The summed E-state index contributed by atoms with van der Waals surface area (Å²) in [6.07, 6.45) is -2.26. The van der Waals surface area contributed by atoms with Gasteiger partial charge in [-0.05, 0) is 0 Å². The molecule has 1 aliphatic heterocycles. The highest BCUT2D eigenvalue weighted by Gasteiger charge is 2.21. The van der Waals surface area contributed by atoms with Gasteiger partial charge in [0.05, 0.1) is 19.1 Å². The highest BCUT2D eigenvalue weighted by Crippen LogP contribution is 2.10. The van der Waals surface area contributed by atoms with Crippen molar-refractivity contribution in [2.45, 2.75) is 6.43 Å². The van der Waals surface area contributed by atoms with Gasteiger partial charge in [0.2, 0.25) is 6.43 Å². The normalized spacial score (nSPS) is 28.5. The Hall–Kier alpha value is -0.220. The van der Waals surface area contributed by atoms with Crippen molar-refractivity contribution in [3.63, 3.8) is 0 Å². The van der Waals surface area contributed by atoms with Crippen LogP contribution in [0.25, 0.3) is 0 Å². The van der Waals surface area contributed by atoms with Crippen LogP contribution in [0.2, 0.25) is 0 Å². The van der Waals surface area contributed by atoms with Gasteiger partial charge in [-0.1, -0.05) is 0 Å². The number of hydrogen-bond donors (Lipinski definition) is 1. The van der Waals surface area contributed by atoms with Crippen molar-refractivity contribution in [3.05, 3.63) is 0 Å². The lowest BCUT2D eigenvalue weighted by atomic mass is 10.2. The monoisotopic (exact) mass is 151 g/mol. The first-order valence-corrected chi connectivity index (χ1v) is 3.37. The molecule has 1 rings (SSSR count). The zero-order chi connectivity index (χ0) is 7.40. The van der Waals surface area contributed by atoms with Crippen LogP contribution in [0.4, 0.5) is 8.78 Å². The van der Waals surface area contributed by atoms with Crippen LogP contribution in [-0.2, 0) is 4.74 Å². The number of alkyl halides is 2. The fourth-order valence-electron chi connectivity index (χ4n) is 0.887. The lowest BCUT2D eigenvalue weighted by Gasteiger charge is -2.10. The third-order valence-electron chi connectivity index (χ3n) is 1.52. The second-order valence-electron chi connectivity index (χ2n) is 2.37. The maximum Gasteiger partial charge on any atom is 0.244 e. The van der Waals surface area contributed by atoms with Crippen LogP contribution >= 0.6 is 0 Å². The summed E-state index contributed by atoms with van der Waals surface area (Å²) in [5.74, 6) is -0.623. The smallest absolute Gasteiger partial charge is 0.244 e. The molecule has 10 heavy (non-hydrogen) atoms. The Bertz CT molecular complexity index is 91.7. The van der Waals surface area contributed by atoms with E-state index in [1.165, 1.54) is 0 Å². The molecule has 0 amide bonds. The van der Waals surface area contributed by atoms with Crippen LogP contribution in [0.15, 0.2) is 0 Å². The zero-order valence-electron chi connectivity index (χ0n) is 5.65. The Balaban J connectivity index is 2.28. The maximum atomic E-state index is 12.0. The fraction of sp³-hybridized carbons (Fsp3) is 1.00. The second kappa shape index (κ2) is 3.83. The molecule has 0 spiro atoms. The van der Waals surface area contributed by atoms with Crippen molar-refractivity contribution in [1.82, 2.24) is 5.32 Å². The van der Waals surface area contributed by atoms with Crippen LogP contribution in [0, 0.1) is 5.92 Å². The van der Waals surface area contributed by atoms with Crippen LogP contribution in [0.5, 0.6) is 0 Å². The van der Waals surface area contributed by atoms with Crippen LogP contribution in [0.3, 0.4) is 0 Å². The van der Waals surface area contributed by atoms with Crippen molar-refractivity contribution < 1.29 is 13.5 Å². The molecule has 0 aromatic heterocycles. The van der Waals surface area contributed by atoms with Gasteiger partial charge in [0.25, 0.3) is 0 Å². The van der Waals surface area contributed by atoms with E-state index in [1.807, 2.05) is 0 Å². The maximum absolute atomic E-state index is 12.0. The number of rotatable bonds is 1. The van der Waals surface area contributed by atoms with Crippen molar-refractivity contribution in [2.24, 2.45) is 5.92 Å². The molecule has 0 aliphatic carbocycles. The van der Waals surface area contributed by atoms with Gasteiger partial charge in [-0.25, -0.2) is 8.78 Å². The molecular formula is C6H11F2NO. The number of ether oxygens (including phenoxy) is 1. The van der Waals surface area contributed by atoms with E-state index in [0.29, 0.717) is 19.7 Å². The summed E-state index contributed by atoms with van der Waals surface area (Å²) in [5, 5.41) is 2.87. The molecule has 1 aliphatic rings. The molecular weight excluding hydrogens is 140 g/mol. The Morgan fingerprint density at radius 1 is 1.50 bits per heavy atom. The molecule has 1 heterocycles. The molecule has 0 bridgehead atoms. The van der Waals surface area contributed by atoms with Gasteiger partial charge in [-0.3, -0.25) is 0 Å². The summed E-state index contributed by atoms with van der Waals surface area (Å²) >= 11 is 0. The van der Waals surface area contributed by atoms with Crippen LogP contribution in [-0.4, -0.2) is 32.7 Å². The minimum Gasteiger partial charge on any atom is -0.380 e. The molecule has 1 N–H and O–H groups in total. The summed E-state index contributed by atoms with van der Waals surface area (Å²) in [6, 6.07) is 0. The Morgan fingerprint density at radius 3 is 3.00 bits per heavy atom. The van der Waals surface area contributed by atoms with E-state index in [9.17, 15) is 8.78 Å². The summed E-state index contributed by atoms with van der Waals surface area (Å²) in [5.41, 5.74) is 0.